The molecule has 0 aliphatic heterocycles. The maximum atomic E-state index is 4.73. The van der Waals surface area contributed by atoms with E-state index in [1.54, 1.807) is 0 Å². The fraction of sp³-hybridized carbons (Fsp3) is 0.733. The van der Waals surface area contributed by atoms with Gasteiger partial charge >= 0.3 is 0 Å². The first-order valence-corrected chi connectivity index (χ1v) is 7.15. The van der Waals surface area contributed by atoms with Gasteiger partial charge in [-0.25, -0.2) is 9.97 Å². The maximum Gasteiger partial charge on any atom is 0.136 e. The molecule has 1 unspecified atom stereocenters. The number of anilines is 2. The monoisotopic (exact) mass is 262 g/mol. The van der Waals surface area contributed by atoms with Crippen molar-refractivity contribution in [3.63, 3.8) is 0 Å². The zero-order valence-electron chi connectivity index (χ0n) is 13.0. The van der Waals surface area contributed by atoms with Crippen LogP contribution in [-0.2, 0) is 0 Å². The van der Waals surface area contributed by atoms with Gasteiger partial charge in [0.2, 0.25) is 0 Å². The number of hydrogen-bond acceptors (Lipinski definition) is 4. The highest BCUT2D eigenvalue weighted by Gasteiger charge is 2.29. The van der Waals surface area contributed by atoms with E-state index in [-0.39, 0.29) is 5.41 Å². The molecule has 0 bridgehead atoms. The van der Waals surface area contributed by atoms with Gasteiger partial charge in [0.05, 0.1) is 0 Å². The van der Waals surface area contributed by atoms with Gasteiger partial charge in [-0.05, 0) is 32.1 Å². The molecule has 1 fully saturated rings. The van der Waals surface area contributed by atoms with Gasteiger partial charge in [-0.2, -0.15) is 0 Å². The molecule has 2 N–H and O–H groups in total. The van der Waals surface area contributed by atoms with Crippen molar-refractivity contribution < 1.29 is 0 Å². The molecule has 1 aromatic rings. The van der Waals surface area contributed by atoms with E-state index in [0.29, 0.717) is 12.0 Å². The summed E-state index contributed by atoms with van der Waals surface area (Å²) in [4.78, 5) is 9.35. The Bertz CT molecular complexity index is 458. The van der Waals surface area contributed by atoms with E-state index in [1.165, 1.54) is 12.8 Å². The minimum absolute atomic E-state index is 0.205. The summed E-state index contributed by atoms with van der Waals surface area (Å²) in [6, 6.07) is 0.359. The standard InChI is InChI=1S/C15H26N4/c1-9-12(16-6)18-14(11-7-8-11)19-13(9)17-10(2)15(3,4)5/h10-11H,7-8H2,1-6H3,(H2,16,17,18,19). The van der Waals surface area contributed by atoms with Crippen molar-refractivity contribution in [2.75, 3.05) is 17.7 Å². The van der Waals surface area contributed by atoms with Crippen LogP contribution in [0.4, 0.5) is 11.6 Å². The molecule has 0 radical (unpaired) electrons. The minimum Gasteiger partial charge on any atom is -0.373 e. The molecule has 19 heavy (non-hydrogen) atoms. The average molecular weight is 262 g/mol. The smallest absolute Gasteiger partial charge is 0.136 e. The summed E-state index contributed by atoms with van der Waals surface area (Å²) in [5, 5.41) is 6.74. The molecule has 4 nitrogen and oxygen atoms in total. The van der Waals surface area contributed by atoms with Gasteiger partial charge in [0.1, 0.15) is 17.5 Å². The van der Waals surface area contributed by atoms with Crippen LogP contribution in [0.25, 0.3) is 0 Å². The lowest BCUT2D eigenvalue weighted by Crippen LogP contribution is -2.31. The molecule has 2 rings (SSSR count). The van der Waals surface area contributed by atoms with Crippen molar-refractivity contribution in [3.05, 3.63) is 11.4 Å². The Kier molecular flexibility index (Phi) is 3.70. The number of aromatic nitrogens is 2. The third kappa shape index (κ3) is 3.17. The summed E-state index contributed by atoms with van der Waals surface area (Å²) in [6.07, 6.45) is 2.45. The van der Waals surface area contributed by atoms with Crippen LogP contribution >= 0.6 is 0 Å². The lowest BCUT2D eigenvalue weighted by Gasteiger charge is -2.29. The predicted molar refractivity (Wildman–Crippen MR) is 80.8 cm³/mol. The van der Waals surface area contributed by atoms with Gasteiger partial charge in [-0.3, -0.25) is 0 Å². The molecule has 1 aliphatic carbocycles. The largest absolute Gasteiger partial charge is 0.373 e. The van der Waals surface area contributed by atoms with E-state index in [1.807, 2.05) is 7.05 Å². The van der Waals surface area contributed by atoms with Crippen LogP contribution < -0.4 is 10.6 Å². The second-order valence-electron chi connectivity index (χ2n) is 6.66. The van der Waals surface area contributed by atoms with Crippen molar-refractivity contribution in [2.24, 2.45) is 5.41 Å². The van der Waals surface area contributed by atoms with Crippen molar-refractivity contribution in [1.29, 1.82) is 0 Å². The zero-order valence-corrected chi connectivity index (χ0v) is 13.0. The van der Waals surface area contributed by atoms with E-state index >= 15 is 0 Å². The van der Waals surface area contributed by atoms with Crippen LogP contribution in [0, 0.1) is 12.3 Å². The lowest BCUT2D eigenvalue weighted by atomic mass is 9.88. The first-order valence-electron chi connectivity index (χ1n) is 7.15. The van der Waals surface area contributed by atoms with Crippen molar-refractivity contribution in [1.82, 2.24) is 9.97 Å². The zero-order chi connectivity index (χ0) is 14.2. The van der Waals surface area contributed by atoms with Crippen LogP contribution in [0.5, 0.6) is 0 Å². The Morgan fingerprint density at radius 1 is 1.16 bits per heavy atom. The van der Waals surface area contributed by atoms with Crippen LogP contribution in [0.15, 0.2) is 0 Å². The summed E-state index contributed by atoms with van der Waals surface area (Å²) >= 11 is 0. The van der Waals surface area contributed by atoms with Gasteiger partial charge in [0.25, 0.3) is 0 Å². The van der Waals surface area contributed by atoms with E-state index in [0.717, 1.165) is 23.0 Å². The fourth-order valence-electron chi connectivity index (χ4n) is 1.86. The van der Waals surface area contributed by atoms with Gasteiger partial charge < -0.3 is 10.6 Å². The Hall–Kier alpha value is -1.32. The van der Waals surface area contributed by atoms with Gasteiger partial charge in [0, 0.05) is 24.6 Å². The normalized spacial score (nSPS) is 17.2. The third-order valence-electron chi connectivity index (χ3n) is 3.99. The SMILES string of the molecule is CNc1nc(C2CC2)nc(NC(C)C(C)(C)C)c1C. The quantitative estimate of drug-likeness (QED) is 0.871. The summed E-state index contributed by atoms with van der Waals surface area (Å²) in [5.74, 6) is 3.47. The summed E-state index contributed by atoms with van der Waals surface area (Å²) in [6.45, 7) is 11.0. The maximum absolute atomic E-state index is 4.73. The van der Waals surface area contributed by atoms with Crippen LogP contribution in [0.2, 0.25) is 0 Å². The van der Waals surface area contributed by atoms with Gasteiger partial charge in [-0.1, -0.05) is 20.8 Å². The Balaban J connectivity index is 2.30. The Morgan fingerprint density at radius 2 is 1.74 bits per heavy atom. The van der Waals surface area contributed by atoms with Crippen molar-refractivity contribution in [3.8, 4) is 0 Å². The third-order valence-corrected chi connectivity index (χ3v) is 3.99. The molecule has 0 amide bonds. The second-order valence-corrected chi connectivity index (χ2v) is 6.66. The molecule has 106 valence electrons. The molecule has 0 aromatic carbocycles. The fourth-order valence-corrected chi connectivity index (χ4v) is 1.86. The van der Waals surface area contributed by atoms with Crippen LogP contribution in [0.1, 0.15) is 57.8 Å². The molecule has 1 atom stereocenters. The summed E-state index contributed by atoms with van der Waals surface area (Å²) in [7, 11) is 1.92. The molecule has 0 saturated heterocycles. The Morgan fingerprint density at radius 3 is 2.21 bits per heavy atom. The second kappa shape index (κ2) is 4.99. The molecule has 0 spiro atoms. The molecule has 1 heterocycles. The van der Waals surface area contributed by atoms with Crippen molar-refractivity contribution in [2.45, 2.75) is 59.4 Å². The van der Waals surface area contributed by atoms with E-state index in [4.69, 9.17) is 4.98 Å². The van der Waals surface area contributed by atoms with E-state index in [2.05, 4.69) is 50.2 Å². The Labute approximate surface area is 116 Å². The topological polar surface area (TPSA) is 49.8 Å². The first kappa shape index (κ1) is 14.1. The van der Waals surface area contributed by atoms with E-state index < -0.39 is 0 Å². The highest BCUT2D eigenvalue weighted by molar-refractivity contribution is 5.57. The first-order chi connectivity index (χ1) is 8.82. The minimum atomic E-state index is 0.205. The van der Waals surface area contributed by atoms with Crippen molar-refractivity contribution >= 4 is 11.6 Å². The molecule has 1 aliphatic rings. The molecular weight excluding hydrogens is 236 g/mol. The highest BCUT2D eigenvalue weighted by Crippen LogP contribution is 2.39. The highest BCUT2D eigenvalue weighted by atomic mass is 15.1. The molecular formula is C15H26N4. The average Bonchev–Trinajstić information content (AvgIpc) is 3.14. The molecule has 1 aromatic heterocycles. The number of rotatable bonds is 4. The van der Waals surface area contributed by atoms with Gasteiger partial charge in [-0.15, -0.1) is 0 Å². The number of nitrogens with one attached hydrogen (secondary N) is 2. The molecule has 1 saturated carbocycles. The van der Waals surface area contributed by atoms with Crippen LogP contribution in [-0.4, -0.2) is 23.1 Å². The predicted octanol–water partition coefficient (Wildman–Crippen LogP) is 3.55. The van der Waals surface area contributed by atoms with Gasteiger partial charge in [0.15, 0.2) is 0 Å². The van der Waals surface area contributed by atoms with E-state index in [9.17, 15) is 0 Å². The summed E-state index contributed by atoms with van der Waals surface area (Å²) in [5.41, 5.74) is 1.31. The van der Waals surface area contributed by atoms with Crippen LogP contribution in [0.3, 0.4) is 0 Å². The number of hydrogen-bond donors (Lipinski definition) is 2. The summed E-state index contributed by atoms with van der Waals surface area (Å²) < 4.78 is 0. The lowest BCUT2D eigenvalue weighted by molar-refractivity contribution is 0.358. The number of nitrogens with zero attached hydrogens (tertiary/aromatic N) is 2. The molecule has 4 heteroatoms.